The average Bonchev–Trinajstić information content (AvgIpc) is 2.82. The molecule has 0 radical (unpaired) electrons. The van der Waals surface area contributed by atoms with Gasteiger partial charge in [-0.3, -0.25) is 4.79 Å². The van der Waals surface area contributed by atoms with Crippen LogP contribution in [0.4, 0.5) is 18.9 Å². The summed E-state index contributed by atoms with van der Waals surface area (Å²) in [6.45, 7) is 1.86. The van der Waals surface area contributed by atoms with Gasteiger partial charge in [-0.15, -0.1) is 0 Å². The van der Waals surface area contributed by atoms with Gasteiger partial charge in [-0.1, -0.05) is 12.1 Å². The van der Waals surface area contributed by atoms with Crippen LogP contribution in [0.15, 0.2) is 24.3 Å². The van der Waals surface area contributed by atoms with Gasteiger partial charge in [-0.05, 0) is 50.7 Å². The van der Waals surface area contributed by atoms with E-state index < -0.39 is 33.9 Å². The summed E-state index contributed by atoms with van der Waals surface area (Å²) in [7, 11) is -3.52. The minimum Gasteiger partial charge on any atom is -0.376 e. The van der Waals surface area contributed by atoms with Crippen molar-refractivity contribution in [2.75, 3.05) is 37.4 Å². The van der Waals surface area contributed by atoms with Gasteiger partial charge in [0.2, 0.25) is 21.9 Å². The van der Waals surface area contributed by atoms with E-state index in [2.05, 4.69) is 4.72 Å². The number of ether oxygens (including phenoxy) is 1. The van der Waals surface area contributed by atoms with Crippen LogP contribution in [0.25, 0.3) is 0 Å². The van der Waals surface area contributed by atoms with Gasteiger partial charge in [-0.25, -0.2) is 26.3 Å². The largest absolute Gasteiger partial charge is 0.376 e. The topological polar surface area (TPSA) is 79.0 Å². The molecular formula is C25H36F3N3O4S. The molecule has 1 saturated carbocycles. The molecular weight excluding hydrogens is 495 g/mol. The number of anilines is 1. The number of alkyl halides is 2. The first kappa shape index (κ1) is 27.2. The van der Waals surface area contributed by atoms with Crippen LogP contribution < -0.4 is 9.62 Å². The molecule has 1 aromatic carbocycles. The standard InChI is InChI=1S/C25H36F3N3O4S/c1-36(33,34)29-21-6-4-14-31(24(32)18-8-12-25(27,28)13-9-18)23(21)17-35-19-10-15-30(16-11-19)22-7-3-2-5-20(22)26/h2-3,5,7,18-19,21,23,29H,4,6,8-17H2,1H3. The van der Waals surface area contributed by atoms with Gasteiger partial charge in [0.15, 0.2) is 0 Å². The Balaban J connectivity index is 1.40. The summed E-state index contributed by atoms with van der Waals surface area (Å²) in [5, 5.41) is 0. The zero-order valence-corrected chi connectivity index (χ0v) is 21.5. The lowest BCUT2D eigenvalue weighted by Gasteiger charge is -2.44. The lowest BCUT2D eigenvalue weighted by Crippen LogP contribution is -2.60. The molecule has 2 saturated heterocycles. The van der Waals surface area contributed by atoms with Crippen molar-refractivity contribution >= 4 is 21.6 Å². The summed E-state index contributed by atoms with van der Waals surface area (Å²) < 4.78 is 74.4. The highest BCUT2D eigenvalue weighted by atomic mass is 32.2. The van der Waals surface area contributed by atoms with Crippen molar-refractivity contribution < 1.29 is 31.1 Å². The second-order valence-electron chi connectivity index (χ2n) is 10.3. The van der Waals surface area contributed by atoms with Crippen molar-refractivity contribution in [3.05, 3.63) is 30.1 Å². The van der Waals surface area contributed by atoms with Crippen molar-refractivity contribution in [3.8, 4) is 0 Å². The SMILES string of the molecule is CS(=O)(=O)NC1CCCN(C(=O)C2CCC(F)(F)CC2)C1COC1CCN(c2ccccc2F)CC1. The molecule has 7 nitrogen and oxygen atoms in total. The number of hydrogen-bond donors (Lipinski definition) is 1. The number of piperidine rings is 2. The molecule has 2 unspecified atom stereocenters. The third kappa shape index (κ3) is 6.92. The number of nitrogens with zero attached hydrogens (tertiary/aromatic N) is 2. The normalized spacial score (nSPS) is 26.2. The van der Waals surface area contributed by atoms with E-state index in [1.54, 1.807) is 23.1 Å². The molecule has 202 valence electrons. The first-order chi connectivity index (χ1) is 17.0. The van der Waals surface area contributed by atoms with Gasteiger partial charge >= 0.3 is 0 Å². The number of carbonyl (C=O) groups is 1. The fourth-order valence-corrected chi connectivity index (χ4v) is 6.50. The first-order valence-corrected chi connectivity index (χ1v) is 14.7. The molecule has 2 atom stereocenters. The van der Waals surface area contributed by atoms with Gasteiger partial charge < -0.3 is 14.5 Å². The first-order valence-electron chi connectivity index (χ1n) is 12.8. The third-order valence-corrected chi connectivity index (χ3v) is 8.36. The van der Waals surface area contributed by atoms with Crippen LogP contribution in [-0.2, 0) is 19.6 Å². The molecule has 0 aromatic heterocycles. The number of para-hydroxylation sites is 1. The Morgan fingerprint density at radius 2 is 1.75 bits per heavy atom. The molecule has 1 aliphatic carbocycles. The molecule has 0 bridgehead atoms. The molecule has 1 amide bonds. The molecule has 3 fully saturated rings. The predicted octanol–water partition coefficient (Wildman–Crippen LogP) is 3.55. The molecule has 1 N–H and O–H groups in total. The summed E-state index contributed by atoms with van der Waals surface area (Å²) in [6.07, 6.45) is 3.20. The summed E-state index contributed by atoms with van der Waals surface area (Å²) in [5.74, 6) is -3.65. The van der Waals surface area contributed by atoms with Gasteiger partial charge in [-0.2, -0.15) is 0 Å². The van der Waals surface area contributed by atoms with E-state index in [-0.39, 0.29) is 50.1 Å². The van der Waals surface area contributed by atoms with E-state index in [9.17, 15) is 26.4 Å². The maximum atomic E-state index is 14.1. The highest BCUT2D eigenvalue weighted by Gasteiger charge is 2.42. The Kier molecular flexibility index (Phi) is 8.51. The van der Waals surface area contributed by atoms with E-state index >= 15 is 0 Å². The summed E-state index contributed by atoms with van der Waals surface area (Å²) in [4.78, 5) is 17.0. The van der Waals surface area contributed by atoms with Crippen LogP contribution in [-0.4, -0.2) is 75.8 Å². The van der Waals surface area contributed by atoms with Gasteiger partial charge in [0.05, 0.1) is 30.7 Å². The number of nitrogens with one attached hydrogen (secondary N) is 1. The van der Waals surface area contributed by atoms with Gasteiger partial charge in [0.1, 0.15) is 5.82 Å². The third-order valence-electron chi connectivity index (χ3n) is 7.63. The number of rotatable bonds is 7. The minimum absolute atomic E-state index is 0.0980. The Bertz CT molecular complexity index is 1010. The smallest absolute Gasteiger partial charge is 0.248 e. The second-order valence-corrected chi connectivity index (χ2v) is 12.1. The van der Waals surface area contributed by atoms with Gasteiger partial charge in [0.25, 0.3) is 0 Å². The van der Waals surface area contributed by atoms with Crippen LogP contribution in [0, 0.1) is 11.7 Å². The lowest BCUT2D eigenvalue weighted by molar-refractivity contribution is -0.146. The van der Waals surface area contributed by atoms with E-state index in [0.717, 1.165) is 6.26 Å². The fraction of sp³-hybridized carbons (Fsp3) is 0.720. The zero-order valence-electron chi connectivity index (χ0n) is 20.7. The fourth-order valence-electron chi connectivity index (χ4n) is 5.68. The highest BCUT2D eigenvalue weighted by Crippen LogP contribution is 2.38. The molecule has 2 heterocycles. The maximum absolute atomic E-state index is 14.1. The molecule has 4 rings (SSSR count). The van der Waals surface area contributed by atoms with E-state index in [0.29, 0.717) is 51.0 Å². The minimum atomic E-state index is -3.52. The number of benzene rings is 1. The van der Waals surface area contributed by atoms with Crippen LogP contribution >= 0.6 is 0 Å². The Morgan fingerprint density at radius 1 is 1.08 bits per heavy atom. The molecule has 2 aliphatic heterocycles. The van der Waals surface area contributed by atoms with Crippen molar-refractivity contribution in [3.63, 3.8) is 0 Å². The molecule has 1 aromatic rings. The van der Waals surface area contributed by atoms with Crippen molar-refractivity contribution in [1.82, 2.24) is 9.62 Å². The van der Waals surface area contributed by atoms with Crippen LogP contribution in [0.5, 0.6) is 0 Å². The average molecular weight is 532 g/mol. The van der Waals surface area contributed by atoms with Crippen LogP contribution in [0.2, 0.25) is 0 Å². The number of halogens is 3. The van der Waals surface area contributed by atoms with E-state index in [1.807, 2.05) is 4.90 Å². The number of hydrogen-bond acceptors (Lipinski definition) is 5. The number of amides is 1. The summed E-state index contributed by atoms with van der Waals surface area (Å²) in [6, 6.07) is 5.65. The monoisotopic (exact) mass is 531 g/mol. The van der Waals surface area contributed by atoms with Crippen molar-refractivity contribution in [2.45, 2.75) is 75.5 Å². The van der Waals surface area contributed by atoms with Crippen molar-refractivity contribution in [1.29, 1.82) is 0 Å². The van der Waals surface area contributed by atoms with Crippen LogP contribution in [0.1, 0.15) is 51.4 Å². The number of sulfonamides is 1. The molecule has 0 spiro atoms. The lowest BCUT2D eigenvalue weighted by atomic mass is 9.84. The van der Waals surface area contributed by atoms with Crippen LogP contribution in [0.3, 0.4) is 0 Å². The summed E-state index contributed by atoms with van der Waals surface area (Å²) in [5.41, 5.74) is 0.565. The Hall–Kier alpha value is -1.85. The zero-order chi connectivity index (χ0) is 25.9. The summed E-state index contributed by atoms with van der Waals surface area (Å²) >= 11 is 0. The quantitative estimate of drug-likeness (QED) is 0.582. The van der Waals surface area contributed by atoms with Crippen molar-refractivity contribution in [2.24, 2.45) is 5.92 Å². The second kappa shape index (κ2) is 11.3. The van der Waals surface area contributed by atoms with E-state index in [4.69, 9.17) is 4.74 Å². The number of likely N-dealkylation sites (tertiary alicyclic amines) is 1. The Morgan fingerprint density at radius 3 is 2.39 bits per heavy atom. The highest BCUT2D eigenvalue weighted by molar-refractivity contribution is 7.88. The molecule has 11 heteroatoms. The Labute approximate surface area is 211 Å². The maximum Gasteiger partial charge on any atom is 0.248 e. The van der Waals surface area contributed by atoms with Gasteiger partial charge in [0, 0.05) is 44.4 Å². The molecule has 36 heavy (non-hydrogen) atoms. The number of carbonyl (C=O) groups excluding carboxylic acids is 1. The van der Waals surface area contributed by atoms with E-state index in [1.165, 1.54) is 6.07 Å². The molecule has 3 aliphatic rings. The predicted molar refractivity (Wildman–Crippen MR) is 131 cm³/mol.